The minimum absolute atomic E-state index is 0.0537. The molecule has 0 saturated carbocycles. The van der Waals surface area contributed by atoms with Crippen LogP contribution >= 0.6 is 0 Å². The molecule has 1 aliphatic heterocycles. The second-order valence-electron chi connectivity index (χ2n) is 5.91. The topological polar surface area (TPSA) is 54.5 Å². The molecule has 2 heterocycles. The Morgan fingerprint density at radius 3 is 2.88 bits per heavy atom. The van der Waals surface area contributed by atoms with Crippen molar-refractivity contribution in [2.24, 2.45) is 0 Å². The molecule has 0 bridgehead atoms. The molecule has 1 N–H and O–H groups in total. The van der Waals surface area contributed by atoms with E-state index in [9.17, 15) is 4.79 Å². The summed E-state index contributed by atoms with van der Waals surface area (Å²) in [5, 5.41) is 3.00. The maximum absolute atomic E-state index is 12.1. The van der Waals surface area contributed by atoms with Crippen molar-refractivity contribution in [3.63, 3.8) is 0 Å². The van der Waals surface area contributed by atoms with Crippen LogP contribution in [-0.2, 0) is 16.0 Å². The van der Waals surface area contributed by atoms with E-state index >= 15 is 0 Å². The van der Waals surface area contributed by atoms with Crippen molar-refractivity contribution in [1.82, 2.24) is 4.98 Å². The summed E-state index contributed by atoms with van der Waals surface area (Å²) < 4.78 is 5.38. The molecule has 24 heavy (non-hydrogen) atoms. The van der Waals surface area contributed by atoms with Gasteiger partial charge in [-0.05, 0) is 42.7 Å². The number of carbonyl (C=O) groups excluding carboxylic acids is 1. The molecule has 1 aliphatic rings. The minimum Gasteiger partial charge on any atom is -0.378 e. The molecule has 0 radical (unpaired) electrons. The highest BCUT2D eigenvalue weighted by Gasteiger charge is 2.12. The molecule has 5 nitrogen and oxygen atoms in total. The van der Waals surface area contributed by atoms with Crippen LogP contribution in [0.4, 0.5) is 11.4 Å². The third-order valence-corrected chi connectivity index (χ3v) is 4.10. The maximum atomic E-state index is 12.1. The van der Waals surface area contributed by atoms with Gasteiger partial charge in [0.2, 0.25) is 5.91 Å². The van der Waals surface area contributed by atoms with Gasteiger partial charge < -0.3 is 15.0 Å². The van der Waals surface area contributed by atoms with Crippen LogP contribution in [0.25, 0.3) is 0 Å². The van der Waals surface area contributed by atoms with Gasteiger partial charge in [-0.2, -0.15) is 0 Å². The van der Waals surface area contributed by atoms with Crippen LogP contribution in [0, 0.1) is 0 Å². The Kier molecular flexibility index (Phi) is 5.80. The van der Waals surface area contributed by atoms with Crippen LogP contribution in [-0.4, -0.2) is 37.2 Å². The lowest BCUT2D eigenvalue weighted by atomic mass is 10.1. The van der Waals surface area contributed by atoms with E-state index in [4.69, 9.17) is 4.74 Å². The normalized spacial score (nSPS) is 14.4. The quantitative estimate of drug-likeness (QED) is 0.887. The Balaban J connectivity index is 1.49. The number of benzene rings is 1. The highest BCUT2D eigenvalue weighted by atomic mass is 16.5. The monoisotopic (exact) mass is 325 g/mol. The van der Waals surface area contributed by atoms with E-state index in [2.05, 4.69) is 21.3 Å². The lowest BCUT2D eigenvalue weighted by molar-refractivity contribution is -0.116. The van der Waals surface area contributed by atoms with Gasteiger partial charge in [-0.1, -0.05) is 12.1 Å². The van der Waals surface area contributed by atoms with Crippen LogP contribution in [0.15, 0.2) is 48.8 Å². The molecular weight excluding hydrogens is 302 g/mol. The Bertz CT molecular complexity index is 655. The Labute approximate surface area is 142 Å². The van der Waals surface area contributed by atoms with Crippen molar-refractivity contribution in [1.29, 1.82) is 0 Å². The molecule has 1 aromatic heterocycles. The van der Waals surface area contributed by atoms with Gasteiger partial charge in [-0.25, -0.2) is 0 Å². The number of pyridine rings is 1. The zero-order chi connectivity index (χ0) is 16.6. The predicted octanol–water partition coefficient (Wildman–Crippen LogP) is 2.88. The van der Waals surface area contributed by atoms with Crippen molar-refractivity contribution in [2.45, 2.75) is 19.3 Å². The predicted molar refractivity (Wildman–Crippen MR) is 95.3 cm³/mol. The number of nitrogens with one attached hydrogen (secondary N) is 1. The van der Waals surface area contributed by atoms with Gasteiger partial charge in [0.05, 0.1) is 13.2 Å². The second-order valence-corrected chi connectivity index (χ2v) is 5.91. The van der Waals surface area contributed by atoms with Crippen LogP contribution in [0.1, 0.15) is 18.4 Å². The van der Waals surface area contributed by atoms with E-state index in [1.165, 1.54) is 5.56 Å². The smallest absolute Gasteiger partial charge is 0.224 e. The van der Waals surface area contributed by atoms with Gasteiger partial charge in [0.1, 0.15) is 0 Å². The molecule has 1 saturated heterocycles. The van der Waals surface area contributed by atoms with Crippen molar-refractivity contribution in [3.05, 3.63) is 54.4 Å². The average Bonchev–Trinajstić information content (AvgIpc) is 2.63. The first-order valence-electron chi connectivity index (χ1n) is 8.43. The molecule has 0 spiro atoms. The first-order chi connectivity index (χ1) is 11.8. The molecule has 3 rings (SSSR count). The number of aryl methyl sites for hydroxylation is 1. The van der Waals surface area contributed by atoms with Crippen molar-refractivity contribution >= 4 is 17.3 Å². The molecular formula is C19H23N3O2. The molecule has 0 unspecified atom stereocenters. The van der Waals surface area contributed by atoms with Crippen molar-refractivity contribution in [2.75, 3.05) is 36.5 Å². The van der Waals surface area contributed by atoms with Crippen LogP contribution in [0.2, 0.25) is 0 Å². The number of hydrogen-bond acceptors (Lipinski definition) is 4. The first-order valence-corrected chi connectivity index (χ1v) is 8.43. The first kappa shape index (κ1) is 16.5. The summed E-state index contributed by atoms with van der Waals surface area (Å²) in [6.45, 7) is 3.29. The fraction of sp³-hybridized carbons (Fsp3) is 0.368. The SMILES string of the molecule is O=C(CCCc1cccnc1)Nc1cccc(N2CCOCC2)c1. The molecule has 0 atom stereocenters. The summed E-state index contributed by atoms with van der Waals surface area (Å²) in [5.74, 6) is 0.0537. The molecule has 1 fully saturated rings. The van der Waals surface area contributed by atoms with Crippen LogP contribution < -0.4 is 10.2 Å². The van der Waals surface area contributed by atoms with E-state index < -0.39 is 0 Å². The number of morpholine rings is 1. The summed E-state index contributed by atoms with van der Waals surface area (Å²) in [7, 11) is 0. The standard InChI is InChI=1S/C19H23N3O2/c23-19(8-1-4-16-5-3-9-20-15-16)21-17-6-2-7-18(14-17)22-10-12-24-13-11-22/h2-3,5-7,9,14-15H,1,4,8,10-13H2,(H,21,23). The molecule has 5 heteroatoms. The zero-order valence-corrected chi connectivity index (χ0v) is 13.8. The Hall–Kier alpha value is -2.40. The number of hydrogen-bond donors (Lipinski definition) is 1. The lowest BCUT2D eigenvalue weighted by Crippen LogP contribution is -2.36. The Morgan fingerprint density at radius 1 is 1.21 bits per heavy atom. The number of carbonyl (C=O) groups is 1. The number of nitrogens with zero attached hydrogens (tertiary/aromatic N) is 2. The van der Waals surface area contributed by atoms with Gasteiger partial charge in [-0.15, -0.1) is 0 Å². The molecule has 0 aliphatic carbocycles. The van der Waals surface area contributed by atoms with Gasteiger partial charge in [-0.3, -0.25) is 9.78 Å². The summed E-state index contributed by atoms with van der Waals surface area (Å²) >= 11 is 0. The molecule has 2 aromatic rings. The third kappa shape index (κ3) is 4.80. The van der Waals surface area contributed by atoms with Crippen LogP contribution in [0.5, 0.6) is 0 Å². The number of aromatic nitrogens is 1. The van der Waals surface area contributed by atoms with E-state index in [0.29, 0.717) is 6.42 Å². The molecule has 126 valence electrons. The lowest BCUT2D eigenvalue weighted by Gasteiger charge is -2.29. The number of rotatable bonds is 6. The van der Waals surface area contributed by atoms with E-state index in [1.807, 2.05) is 36.5 Å². The molecule has 1 aromatic carbocycles. The highest BCUT2D eigenvalue weighted by Crippen LogP contribution is 2.20. The summed E-state index contributed by atoms with van der Waals surface area (Å²) in [5.41, 5.74) is 3.15. The number of ether oxygens (including phenoxy) is 1. The van der Waals surface area contributed by atoms with E-state index in [-0.39, 0.29) is 5.91 Å². The highest BCUT2D eigenvalue weighted by molar-refractivity contribution is 5.91. The second kappa shape index (κ2) is 8.45. The van der Waals surface area contributed by atoms with Gasteiger partial charge >= 0.3 is 0 Å². The number of amides is 1. The zero-order valence-electron chi connectivity index (χ0n) is 13.8. The fourth-order valence-corrected chi connectivity index (χ4v) is 2.82. The summed E-state index contributed by atoms with van der Waals surface area (Å²) in [4.78, 5) is 18.5. The van der Waals surface area contributed by atoms with Gasteiger partial charge in [0.15, 0.2) is 0 Å². The summed E-state index contributed by atoms with van der Waals surface area (Å²) in [6, 6.07) is 12.0. The maximum Gasteiger partial charge on any atom is 0.224 e. The van der Waals surface area contributed by atoms with Gasteiger partial charge in [0, 0.05) is 43.3 Å². The largest absolute Gasteiger partial charge is 0.378 e. The van der Waals surface area contributed by atoms with E-state index in [1.54, 1.807) is 6.20 Å². The summed E-state index contributed by atoms with van der Waals surface area (Å²) in [6.07, 6.45) is 5.81. The average molecular weight is 325 g/mol. The fourth-order valence-electron chi connectivity index (χ4n) is 2.82. The Morgan fingerprint density at radius 2 is 2.08 bits per heavy atom. The van der Waals surface area contributed by atoms with Crippen molar-refractivity contribution in [3.8, 4) is 0 Å². The van der Waals surface area contributed by atoms with Crippen molar-refractivity contribution < 1.29 is 9.53 Å². The number of anilines is 2. The van der Waals surface area contributed by atoms with E-state index in [0.717, 1.165) is 50.5 Å². The minimum atomic E-state index is 0.0537. The third-order valence-electron chi connectivity index (χ3n) is 4.10. The molecule has 1 amide bonds. The van der Waals surface area contributed by atoms with Gasteiger partial charge in [0.25, 0.3) is 0 Å². The van der Waals surface area contributed by atoms with Crippen LogP contribution in [0.3, 0.4) is 0 Å².